The Labute approximate surface area is 92.4 Å². The van der Waals surface area contributed by atoms with Gasteiger partial charge in [-0.3, -0.25) is 4.79 Å². The molecule has 0 bridgehead atoms. The van der Waals surface area contributed by atoms with Gasteiger partial charge in [0.2, 0.25) is 0 Å². The van der Waals surface area contributed by atoms with Gasteiger partial charge in [-0.2, -0.15) is 0 Å². The Morgan fingerprint density at radius 1 is 1.38 bits per heavy atom. The molecule has 1 amide bonds. The van der Waals surface area contributed by atoms with E-state index in [-0.39, 0.29) is 11.6 Å². The van der Waals surface area contributed by atoms with Crippen LogP contribution in [0.4, 0.5) is 5.69 Å². The molecule has 0 saturated carbocycles. The summed E-state index contributed by atoms with van der Waals surface area (Å²) in [4.78, 5) is 11.7. The van der Waals surface area contributed by atoms with Gasteiger partial charge in [0.05, 0.1) is 0 Å². The Bertz CT molecular complexity index is 506. The van der Waals surface area contributed by atoms with E-state index in [0.29, 0.717) is 0 Å². The van der Waals surface area contributed by atoms with Gasteiger partial charge in [-0.25, -0.2) is 4.63 Å². The third-order valence-electron chi connectivity index (χ3n) is 2.45. The topological polar surface area (TPSA) is 68.0 Å². The standard InChI is InChI=1S/C11H11N3O2/c1-7-4-3-5-9(8(7)2)13-11(15)10-6-12-16-14-10/h3-6H,1-2H3,(H,13,15). The van der Waals surface area contributed by atoms with Gasteiger partial charge < -0.3 is 5.32 Å². The molecular formula is C11H11N3O2. The number of anilines is 1. The Kier molecular flexibility index (Phi) is 2.68. The van der Waals surface area contributed by atoms with Crippen LogP contribution in [-0.2, 0) is 0 Å². The van der Waals surface area contributed by atoms with Gasteiger partial charge in [-0.1, -0.05) is 17.3 Å². The van der Waals surface area contributed by atoms with Crippen molar-refractivity contribution in [2.75, 3.05) is 5.32 Å². The monoisotopic (exact) mass is 217 g/mol. The zero-order valence-electron chi connectivity index (χ0n) is 9.02. The first-order valence-electron chi connectivity index (χ1n) is 4.83. The summed E-state index contributed by atoms with van der Waals surface area (Å²) in [5, 5.41) is 9.60. The van der Waals surface area contributed by atoms with E-state index < -0.39 is 0 Å². The number of benzene rings is 1. The fraction of sp³-hybridized carbons (Fsp3) is 0.182. The molecule has 5 heteroatoms. The summed E-state index contributed by atoms with van der Waals surface area (Å²) in [7, 11) is 0. The maximum atomic E-state index is 11.7. The van der Waals surface area contributed by atoms with Crippen molar-refractivity contribution in [3.8, 4) is 0 Å². The number of hydrogen-bond acceptors (Lipinski definition) is 4. The van der Waals surface area contributed by atoms with Crippen LogP contribution in [0.3, 0.4) is 0 Å². The minimum atomic E-state index is -0.324. The first-order chi connectivity index (χ1) is 7.68. The molecule has 0 radical (unpaired) electrons. The van der Waals surface area contributed by atoms with Crippen LogP contribution in [0.2, 0.25) is 0 Å². The lowest BCUT2D eigenvalue weighted by molar-refractivity contribution is 0.101. The predicted octanol–water partition coefficient (Wildman–Crippen LogP) is 1.94. The van der Waals surface area contributed by atoms with Crippen molar-refractivity contribution in [1.82, 2.24) is 10.3 Å². The lowest BCUT2D eigenvalue weighted by atomic mass is 10.1. The summed E-state index contributed by atoms with van der Waals surface area (Å²) in [6.07, 6.45) is 1.28. The molecule has 16 heavy (non-hydrogen) atoms. The van der Waals surface area contributed by atoms with Gasteiger partial charge >= 0.3 is 0 Å². The Hall–Kier alpha value is -2.17. The van der Waals surface area contributed by atoms with Gasteiger partial charge in [0.15, 0.2) is 5.69 Å². The van der Waals surface area contributed by atoms with Crippen molar-refractivity contribution < 1.29 is 9.42 Å². The average molecular weight is 217 g/mol. The lowest BCUT2D eigenvalue weighted by Crippen LogP contribution is -2.13. The highest BCUT2D eigenvalue weighted by atomic mass is 16.6. The normalized spacial score (nSPS) is 10.1. The molecule has 5 nitrogen and oxygen atoms in total. The molecule has 0 saturated heterocycles. The van der Waals surface area contributed by atoms with Gasteiger partial charge in [-0.05, 0) is 36.2 Å². The maximum Gasteiger partial charge on any atom is 0.279 e. The third kappa shape index (κ3) is 1.93. The minimum Gasteiger partial charge on any atom is -0.320 e. The zero-order chi connectivity index (χ0) is 11.5. The van der Waals surface area contributed by atoms with Crippen LogP contribution in [0.25, 0.3) is 0 Å². The van der Waals surface area contributed by atoms with Crippen molar-refractivity contribution in [1.29, 1.82) is 0 Å². The molecular weight excluding hydrogens is 206 g/mol. The number of carbonyl (C=O) groups excluding carboxylic acids is 1. The van der Waals surface area contributed by atoms with Crippen molar-refractivity contribution in [3.63, 3.8) is 0 Å². The molecule has 0 aliphatic rings. The smallest absolute Gasteiger partial charge is 0.279 e. The largest absolute Gasteiger partial charge is 0.320 e. The second-order valence-corrected chi connectivity index (χ2v) is 3.49. The minimum absolute atomic E-state index is 0.168. The molecule has 1 aromatic carbocycles. The Morgan fingerprint density at radius 3 is 2.88 bits per heavy atom. The SMILES string of the molecule is Cc1cccc(NC(=O)c2cnon2)c1C. The summed E-state index contributed by atoms with van der Waals surface area (Å²) >= 11 is 0. The van der Waals surface area contributed by atoms with Crippen molar-refractivity contribution in [3.05, 3.63) is 41.2 Å². The van der Waals surface area contributed by atoms with E-state index in [9.17, 15) is 4.79 Å². The summed E-state index contributed by atoms with van der Waals surface area (Å²) < 4.78 is 4.37. The van der Waals surface area contributed by atoms with E-state index in [1.165, 1.54) is 6.20 Å². The molecule has 1 aromatic heterocycles. The van der Waals surface area contributed by atoms with Crippen LogP contribution >= 0.6 is 0 Å². The zero-order valence-corrected chi connectivity index (χ0v) is 9.02. The maximum absolute atomic E-state index is 11.7. The Balaban J connectivity index is 2.22. The Morgan fingerprint density at radius 2 is 2.19 bits per heavy atom. The number of nitrogens with zero attached hydrogens (tertiary/aromatic N) is 2. The highest BCUT2D eigenvalue weighted by Gasteiger charge is 2.11. The number of hydrogen-bond donors (Lipinski definition) is 1. The summed E-state index contributed by atoms with van der Waals surface area (Å²) in [6.45, 7) is 3.94. The fourth-order valence-corrected chi connectivity index (χ4v) is 1.34. The molecule has 82 valence electrons. The van der Waals surface area contributed by atoms with E-state index in [4.69, 9.17) is 0 Å². The van der Waals surface area contributed by atoms with Crippen LogP contribution in [0.1, 0.15) is 21.6 Å². The molecule has 0 aliphatic heterocycles. The summed E-state index contributed by atoms with van der Waals surface area (Å²) in [6, 6.07) is 5.72. The van der Waals surface area contributed by atoms with E-state index >= 15 is 0 Å². The quantitative estimate of drug-likeness (QED) is 0.834. The van der Waals surface area contributed by atoms with Crippen molar-refractivity contribution >= 4 is 11.6 Å². The van der Waals surface area contributed by atoms with Gasteiger partial charge in [0.1, 0.15) is 6.20 Å². The van der Waals surface area contributed by atoms with Gasteiger partial charge in [0, 0.05) is 5.69 Å². The van der Waals surface area contributed by atoms with Crippen molar-refractivity contribution in [2.24, 2.45) is 0 Å². The highest BCUT2D eigenvalue weighted by Crippen LogP contribution is 2.18. The van der Waals surface area contributed by atoms with Crippen molar-refractivity contribution in [2.45, 2.75) is 13.8 Å². The molecule has 2 rings (SSSR count). The van der Waals surface area contributed by atoms with Crippen LogP contribution < -0.4 is 5.32 Å². The number of nitrogens with one attached hydrogen (secondary N) is 1. The number of carbonyl (C=O) groups is 1. The average Bonchev–Trinajstić information content (AvgIpc) is 2.78. The number of amides is 1. The number of aryl methyl sites for hydroxylation is 1. The number of rotatable bonds is 2. The number of aromatic nitrogens is 2. The lowest BCUT2D eigenvalue weighted by Gasteiger charge is -2.08. The fourth-order valence-electron chi connectivity index (χ4n) is 1.34. The van der Waals surface area contributed by atoms with E-state index in [1.807, 2.05) is 32.0 Å². The summed E-state index contributed by atoms with van der Waals surface area (Å²) in [5.41, 5.74) is 3.09. The predicted molar refractivity (Wildman–Crippen MR) is 58.2 cm³/mol. The van der Waals surface area contributed by atoms with Crippen LogP contribution in [0.15, 0.2) is 29.0 Å². The van der Waals surface area contributed by atoms with Gasteiger partial charge in [-0.15, -0.1) is 0 Å². The third-order valence-corrected chi connectivity index (χ3v) is 2.45. The highest BCUT2D eigenvalue weighted by molar-refractivity contribution is 6.02. The van der Waals surface area contributed by atoms with Gasteiger partial charge in [0.25, 0.3) is 5.91 Å². The summed E-state index contributed by atoms with van der Waals surface area (Å²) in [5.74, 6) is -0.324. The molecule has 0 fully saturated rings. The molecule has 0 aliphatic carbocycles. The van der Waals surface area contributed by atoms with Crippen LogP contribution in [0.5, 0.6) is 0 Å². The molecule has 0 atom stereocenters. The van der Waals surface area contributed by atoms with E-state index in [2.05, 4.69) is 20.3 Å². The van der Waals surface area contributed by atoms with E-state index in [1.54, 1.807) is 0 Å². The van der Waals surface area contributed by atoms with Crippen LogP contribution in [-0.4, -0.2) is 16.2 Å². The molecule has 1 N–H and O–H groups in total. The molecule has 0 unspecified atom stereocenters. The first-order valence-corrected chi connectivity index (χ1v) is 4.83. The molecule has 0 spiro atoms. The van der Waals surface area contributed by atoms with E-state index in [0.717, 1.165) is 16.8 Å². The second kappa shape index (κ2) is 4.14. The molecule has 1 heterocycles. The first kappa shape index (κ1) is 10.4. The van der Waals surface area contributed by atoms with Crippen LogP contribution in [0, 0.1) is 13.8 Å². The molecule has 2 aromatic rings. The second-order valence-electron chi connectivity index (χ2n) is 3.49.